The molecule has 0 saturated carbocycles. The summed E-state index contributed by atoms with van der Waals surface area (Å²) in [6.45, 7) is 5.26. The molecular weight excluding hydrogens is 396 g/mol. The zero-order valence-corrected chi connectivity index (χ0v) is 17.6. The lowest BCUT2D eigenvalue weighted by Crippen LogP contribution is -2.44. The zero-order valence-electron chi connectivity index (χ0n) is 17.6. The van der Waals surface area contributed by atoms with Crippen LogP contribution in [0.4, 0.5) is 8.78 Å². The second kappa shape index (κ2) is 8.48. The Labute approximate surface area is 181 Å². The Morgan fingerprint density at radius 3 is 2.52 bits per heavy atom. The van der Waals surface area contributed by atoms with E-state index in [4.69, 9.17) is 0 Å². The van der Waals surface area contributed by atoms with Gasteiger partial charge in [0.2, 0.25) is 5.95 Å². The molecule has 0 amide bonds. The molecule has 2 aliphatic heterocycles. The van der Waals surface area contributed by atoms with Gasteiger partial charge in [0.25, 0.3) is 0 Å². The normalized spacial score (nSPS) is 22.4. The van der Waals surface area contributed by atoms with Crippen molar-refractivity contribution in [1.29, 1.82) is 0 Å². The predicted molar refractivity (Wildman–Crippen MR) is 115 cm³/mol. The average Bonchev–Trinajstić information content (AvgIpc) is 3.40. The molecule has 5 rings (SSSR count). The van der Waals surface area contributed by atoms with Gasteiger partial charge in [-0.15, -0.1) is 0 Å². The minimum Gasteiger partial charge on any atom is -0.298 e. The second-order valence-electron chi connectivity index (χ2n) is 8.91. The first-order valence-electron chi connectivity index (χ1n) is 10.9. The molecule has 0 aliphatic carbocycles. The fraction of sp³-hybridized carbons (Fsp3) is 0.417. The molecule has 0 radical (unpaired) electrons. The standard InChI is InChI=1S/C24H27F2N5/c25-21-7-1-5-19(22(21)26)15-29-12-3-8-24(17-29)9-14-30(18-24)16-20-6-2-13-31(20)23-27-10-4-11-28-23/h1-2,4-7,10-11,13H,3,8-9,12,14-18H2/t24-/m0/s1. The summed E-state index contributed by atoms with van der Waals surface area (Å²) in [5.74, 6) is -0.780. The molecule has 1 spiro atoms. The molecule has 1 atom stereocenters. The molecular formula is C24H27F2N5. The van der Waals surface area contributed by atoms with Gasteiger partial charge in [-0.05, 0) is 62.0 Å². The first-order chi connectivity index (χ1) is 15.1. The maximum Gasteiger partial charge on any atom is 0.233 e. The van der Waals surface area contributed by atoms with Gasteiger partial charge in [-0.2, -0.15) is 0 Å². The van der Waals surface area contributed by atoms with Crippen LogP contribution in [-0.4, -0.2) is 50.5 Å². The van der Waals surface area contributed by atoms with Crippen molar-refractivity contribution < 1.29 is 8.78 Å². The average molecular weight is 424 g/mol. The van der Waals surface area contributed by atoms with Crippen LogP contribution >= 0.6 is 0 Å². The summed E-state index contributed by atoms with van der Waals surface area (Å²) in [4.78, 5) is 13.5. The molecule has 2 saturated heterocycles. The van der Waals surface area contributed by atoms with Gasteiger partial charge in [0, 0.05) is 56.0 Å². The highest BCUT2D eigenvalue weighted by molar-refractivity contribution is 5.21. The van der Waals surface area contributed by atoms with Crippen LogP contribution < -0.4 is 0 Å². The van der Waals surface area contributed by atoms with Gasteiger partial charge >= 0.3 is 0 Å². The molecule has 0 unspecified atom stereocenters. The maximum atomic E-state index is 14.2. The summed E-state index contributed by atoms with van der Waals surface area (Å²) >= 11 is 0. The largest absolute Gasteiger partial charge is 0.298 e. The molecule has 2 fully saturated rings. The molecule has 31 heavy (non-hydrogen) atoms. The summed E-state index contributed by atoms with van der Waals surface area (Å²) in [6.07, 6.45) is 8.95. The van der Waals surface area contributed by atoms with E-state index in [1.165, 1.54) is 18.2 Å². The maximum absolute atomic E-state index is 14.2. The van der Waals surface area contributed by atoms with Gasteiger partial charge in [-0.3, -0.25) is 14.4 Å². The van der Waals surface area contributed by atoms with Crippen molar-refractivity contribution in [3.63, 3.8) is 0 Å². The van der Waals surface area contributed by atoms with Crippen molar-refractivity contribution in [2.24, 2.45) is 5.41 Å². The van der Waals surface area contributed by atoms with Crippen molar-refractivity contribution >= 4 is 0 Å². The molecule has 2 aromatic heterocycles. The molecule has 1 aromatic carbocycles. The number of piperidine rings is 1. The summed E-state index contributed by atoms with van der Waals surface area (Å²) in [6, 6.07) is 10.5. The van der Waals surface area contributed by atoms with Crippen LogP contribution in [0.3, 0.4) is 0 Å². The molecule has 0 bridgehead atoms. The molecule has 0 N–H and O–H groups in total. The summed E-state index contributed by atoms with van der Waals surface area (Å²) in [5.41, 5.74) is 1.85. The topological polar surface area (TPSA) is 37.2 Å². The van der Waals surface area contributed by atoms with Gasteiger partial charge < -0.3 is 0 Å². The van der Waals surface area contributed by atoms with Gasteiger partial charge in [0.1, 0.15) is 0 Å². The number of likely N-dealkylation sites (tertiary alicyclic amines) is 2. The van der Waals surface area contributed by atoms with Crippen molar-refractivity contribution in [2.45, 2.75) is 32.4 Å². The number of nitrogens with zero attached hydrogens (tertiary/aromatic N) is 5. The Bertz CT molecular complexity index is 1040. The second-order valence-corrected chi connectivity index (χ2v) is 8.91. The molecule has 3 aromatic rings. The van der Waals surface area contributed by atoms with Gasteiger partial charge in [0.05, 0.1) is 0 Å². The fourth-order valence-electron chi connectivity index (χ4n) is 5.24. The predicted octanol–water partition coefficient (Wildman–Crippen LogP) is 4.03. The molecule has 4 heterocycles. The van der Waals surface area contributed by atoms with E-state index in [1.807, 2.05) is 22.9 Å². The van der Waals surface area contributed by atoms with E-state index in [0.717, 1.165) is 45.6 Å². The lowest BCUT2D eigenvalue weighted by molar-refractivity contribution is 0.0854. The van der Waals surface area contributed by atoms with Crippen molar-refractivity contribution in [1.82, 2.24) is 24.3 Å². The minimum atomic E-state index is -0.762. The van der Waals surface area contributed by atoms with E-state index in [1.54, 1.807) is 24.5 Å². The van der Waals surface area contributed by atoms with E-state index in [2.05, 4.69) is 25.8 Å². The Balaban J connectivity index is 1.25. The summed E-state index contributed by atoms with van der Waals surface area (Å²) in [7, 11) is 0. The monoisotopic (exact) mass is 423 g/mol. The van der Waals surface area contributed by atoms with Crippen molar-refractivity contribution in [2.75, 3.05) is 26.2 Å². The minimum absolute atomic E-state index is 0.225. The Hall–Kier alpha value is -2.64. The number of hydrogen-bond acceptors (Lipinski definition) is 4. The van der Waals surface area contributed by atoms with E-state index < -0.39 is 11.6 Å². The third-order valence-corrected chi connectivity index (χ3v) is 6.67. The Kier molecular flexibility index (Phi) is 5.54. The third kappa shape index (κ3) is 4.25. The highest BCUT2D eigenvalue weighted by atomic mass is 19.2. The fourth-order valence-corrected chi connectivity index (χ4v) is 5.24. The molecule has 7 heteroatoms. The number of hydrogen-bond donors (Lipinski definition) is 0. The smallest absolute Gasteiger partial charge is 0.233 e. The highest BCUT2D eigenvalue weighted by Gasteiger charge is 2.41. The SMILES string of the molecule is Fc1cccc(CN2CCC[C@]3(CCN(Cc4cccn4-c4ncccn4)C3)C2)c1F. The van der Waals surface area contributed by atoms with Crippen LogP contribution in [0, 0.1) is 17.0 Å². The highest BCUT2D eigenvalue weighted by Crippen LogP contribution is 2.40. The van der Waals surface area contributed by atoms with Crippen LogP contribution in [0.1, 0.15) is 30.5 Å². The molecule has 5 nitrogen and oxygen atoms in total. The number of benzene rings is 1. The van der Waals surface area contributed by atoms with Crippen LogP contribution in [0.15, 0.2) is 55.0 Å². The zero-order chi connectivity index (χ0) is 21.3. The Morgan fingerprint density at radius 1 is 0.871 bits per heavy atom. The van der Waals surface area contributed by atoms with Gasteiger partial charge in [0.15, 0.2) is 11.6 Å². The number of halogens is 2. The van der Waals surface area contributed by atoms with Gasteiger partial charge in [-0.1, -0.05) is 12.1 Å². The van der Waals surface area contributed by atoms with Crippen LogP contribution in [0.25, 0.3) is 5.95 Å². The summed E-state index contributed by atoms with van der Waals surface area (Å²) in [5, 5.41) is 0. The number of rotatable bonds is 5. The van der Waals surface area contributed by atoms with E-state index in [9.17, 15) is 8.78 Å². The quantitative estimate of drug-likeness (QED) is 0.621. The third-order valence-electron chi connectivity index (χ3n) is 6.67. The molecule has 2 aliphatic rings. The lowest BCUT2D eigenvalue weighted by atomic mass is 9.79. The first-order valence-corrected chi connectivity index (χ1v) is 10.9. The van der Waals surface area contributed by atoms with E-state index in [-0.39, 0.29) is 5.41 Å². The van der Waals surface area contributed by atoms with Crippen LogP contribution in [0.5, 0.6) is 0 Å². The molecule has 162 valence electrons. The van der Waals surface area contributed by atoms with Crippen LogP contribution in [-0.2, 0) is 13.1 Å². The van der Waals surface area contributed by atoms with Crippen molar-refractivity contribution in [3.05, 3.63) is 77.9 Å². The summed E-state index contributed by atoms with van der Waals surface area (Å²) < 4.78 is 29.8. The first kappa shape index (κ1) is 20.3. The van der Waals surface area contributed by atoms with E-state index >= 15 is 0 Å². The van der Waals surface area contributed by atoms with Crippen LogP contribution in [0.2, 0.25) is 0 Å². The van der Waals surface area contributed by atoms with Gasteiger partial charge in [-0.25, -0.2) is 18.7 Å². The van der Waals surface area contributed by atoms with Crippen molar-refractivity contribution in [3.8, 4) is 5.95 Å². The lowest BCUT2D eigenvalue weighted by Gasteiger charge is -2.40. The Morgan fingerprint density at radius 2 is 1.68 bits per heavy atom. The van der Waals surface area contributed by atoms with E-state index in [0.29, 0.717) is 18.1 Å². The number of aromatic nitrogens is 3.